The molecule has 0 aliphatic carbocycles. The molecule has 0 radical (unpaired) electrons. The fraction of sp³-hybridized carbons (Fsp3) is 0.529. The van der Waals surface area contributed by atoms with Crippen LogP contribution in [0.15, 0.2) is 24.3 Å². The third-order valence-corrected chi connectivity index (χ3v) is 4.20. The Balaban J connectivity index is 2.34. The molecule has 0 fully saturated rings. The van der Waals surface area contributed by atoms with Gasteiger partial charge < -0.3 is 9.84 Å². The summed E-state index contributed by atoms with van der Waals surface area (Å²) < 4.78 is 45.4. The van der Waals surface area contributed by atoms with Gasteiger partial charge in [-0.25, -0.2) is 4.79 Å². The van der Waals surface area contributed by atoms with Gasteiger partial charge in [-0.05, 0) is 44.7 Å². The zero-order chi connectivity index (χ0) is 18.8. The second-order valence-corrected chi connectivity index (χ2v) is 6.69. The molecule has 1 aliphatic rings. The predicted octanol–water partition coefficient (Wildman–Crippen LogP) is 4.01. The Kier molecular flexibility index (Phi) is 5.29. The number of fused-ring (bicyclic) bond motifs is 1. The highest BCUT2D eigenvalue weighted by atomic mass is 19.4. The number of alkyl halides is 3. The number of anilines is 1. The number of hydrogen-bond donors (Lipinski definition) is 1. The minimum absolute atomic E-state index is 0.153. The van der Waals surface area contributed by atoms with Gasteiger partial charge in [0.1, 0.15) is 12.6 Å². The van der Waals surface area contributed by atoms with Gasteiger partial charge in [0.05, 0.1) is 11.1 Å². The lowest BCUT2D eigenvalue weighted by molar-refractivity contribution is -0.152. The van der Waals surface area contributed by atoms with Crippen molar-refractivity contribution in [3.8, 4) is 0 Å². The monoisotopic (exact) mass is 359 g/mol. The molecule has 1 aliphatic heterocycles. The van der Waals surface area contributed by atoms with Crippen LogP contribution in [0, 0.1) is 5.41 Å². The molecule has 1 aromatic rings. The van der Waals surface area contributed by atoms with E-state index in [1.165, 1.54) is 19.9 Å². The highest BCUT2D eigenvalue weighted by molar-refractivity contribution is 5.90. The molecule has 25 heavy (non-hydrogen) atoms. The van der Waals surface area contributed by atoms with Crippen molar-refractivity contribution >= 4 is 17.7 Å². The number of aryl methyl sites for hydroxylation is 1. The Bertz CT molecular complexity index is 658. The Morgan fingerprint density at radius 3 is 2.52 bits per heavy atom. The number of hydrogen-bond acceptors (Lipinski definition) is 3. The van der Waals surface area contributed by atoms with Crippen molar-refractivity contribution in [3.63, 3.8) is 0 Å². The minimum Gasteiger partial charge on any atom is -0.481 e. The molecular formula is C17H20F3NO4. The molecule has 0 aromatic heterocycles. The van der Waals surface area contributed by atoms with E-state index in [9.17, 15) is 22.8 Å². The SMILES string of the molecule is CC(C)(COC(=O)N1c2ccccc2CCCC1C(F)(F)F)C(=O)O. The lowest BCUT2D eigenvalue weighted by Crippen LogP contribution is -2.49. The quantitative estimate of drug-likeness (QED) is 0.886. The van der Waals surface area contributed by atoms with Crippen LogP contribution in [0.5, 0.6) is 0 Å². The first-order chi connectivity index (χ1) is 11.5. The standard InChI is InChI=1S/C17H20F3NO4/c1-16(2,14(22)23)10-25-15(24)21-12-8-4-3-6-11(12)7-5-9-13(21)17(18,19)20/h3-4,6,8,13H,5,7,9-10H2,1-2H3,(H,22,23). The average molecular weight is 359 g/mol. The van der Waals surface area contributed by atoms with Crippen molar-refractivity contribution in [2.45, 2.75) is 45.3 Å². The van der Waals surface area contributed by atoms with Gasteiger partial charge in [-0.1, -0.05) is 18.2 Å². The van der Waals surface area contributed by atoms with Crippen LogP contribution in [0.4, 0.5) is 23.7 Å². The number of carboxylic acid groups (broad SMARTS) is 1. The van der Waals surface area contributed by atoms with Gasteiger partial charge in [0, 0.05) is 0 Å². The van der Waals surface area contributed by atoms with Gasteiger partial charge >= 0.3 is 18.2 Å². The zero-order valence-corrected chi connectivity index (χ0v) is 14.0. The summed E-state index contributed by atoms with van der Waals surface area (Å²) in [6.07, 6.45) is -5.33. The van der Waals surface area contributed by atoms with E-state index in [0.717, 1.165) is 0 Å². The van der Waals surface area contributed by atoms with Gasteiger partial charge in [-0.15, -0.1) is 0 Å². The highest BCUT2D eigenvalue weighted by Gasteiger charge is 2.48. The van der Waals surface area contributed by atoms with E-state index >= 15 is 0 Å². The summed E-state index contributed by atoms with van der Waals surface area (Å²) >= 11 is 0. The van der Waals surface area contributed by atoms with E-state index in [0.29, 0.717) is 16.9 Å². The molecule has 0 spiro atoms. The third kappa shape index (κ3) is 4.24. The molecule has 8 heteroatoms. The minimum atomic E-state index is -4.61. The Morgan fingerprint density at radius 2 is 1.92 bits per heavy atom. The molecular weight excluding hydrogens is 339 g/mol. The second kappa shape index (κ2) is 6.93. The van der Waals surface area contributed by atoms with Crippen LogP contribution in [0.2, 0.25) is 0 Å². The molecule has 1 N–H and O–H groups in total. The molecule has 1 amide bonds. The number of carbonyl (C=O) groups is 2. The smallest absolute Gasteiger partial charge is 0.414 e. The first-order valence-corrected chi connectivity index (χ1v) is 7.88. The molecule has 1 atom stereocenters. The molecule has 5 nitrogen and oxygen atoms in total. The van der Waals surface area contributed by atoms with Gasteiger partial charge in [0.15, 0.2) is 0 Å². The molecule has 1 unspecified atom stereocenters. The lowest BCUT2D eigenvalue weighted by Gasteiger charge is -2.32. The van der Waals surface area contributed by atoms with E-state index in [1.54, 1.807) is 18.2 Å². The Morgan fingerprint density at radius 1 is 1.28 bits per heavy atom. The maximum Gasteiger partial charge on any atom is 0.414 e. The molecule has 0 saturated heterocycles. The van der Waals surface area contributed by atoms with E-state index < -0.39 is 36.3 Å². The molecule has 1 aromatic carbocycles. The van der Waals surface area contributed by atoms with Crippen molar-refractivity contribution < 1.29 is 32.6 Å². The zero-order valence-electron chi connectivity index (χ0n) is 14.0. The van der Waals surface area contributed by atoms with E-state index in [4.69, 9.17) is 9.84 Å². The summed E-state index contributed by atoms with van der Waals surface area (Å²) in [5.41, 5.74) is -0.612. The average Bonchev–Trinajstić information content (AvgIpc) is 2.71. The number of benzene rings is 1. The van der Waals surface area contributed by atoms with Crippen molar-refractivity contribution in [2.24, 2.45) is 5.41 Å². The maximum absolute atomic E-state index is 13.5. The first kappa shape index (κ1) is 19.1. The highest BCUT2D eigenvalue weighted by Crippen LogP contribution is 2.37. The predicted molar refractivity (Wildman–Crippen MR) is 84.5 cm³/mol. The number of rotatable bonds is 3. The van der Waals surface area contributed by atoms with Crippen LogP contribution >= 0.6 is 0 Å². The summed E-state index contributed by atoms with van der Waals surface area (Å²) in [6.45, 7) is 2.14. The number of nitrogens with zero attached hydrogens (tertiary/aromatic N) is 1. The van der Waals surface area contributed by atoms with Gasteiger partial charge in [-0.3, -0.25) is 9.69 Å². The Labute approximate surface area is 143 Å². The number of halogens is 3. The topological polar surface area (TPSA) is 66.8 Å². The van der Waals surface area contributed by atoms with Crippen molar-refractivity contribution in [1.29, 1.82) is 0 Å². The van der Waals surface area contributed by atoms with Crippen LogP contribution in [-0.4, -0.2) is 36.0 Å². The number of amides is 1. The first-order valence-electron chi connectivity index (χ1n) is 7.88. The summed E-state index contributed by atoms with van der Waals surface area (Å²) in [5, 5.41) is 9.06. The maximum atomic E-state index is 13.5. The molecule has 0 bridgehead atoms. The molecule has 0 saturated carbocycles. The summed E-state index contributed by atoms with van der Waals surface area (Å²) in [7, 11) is 0. The summed E-state index contributed by atoms with van der Waals surface area (Å²) in [4.78, 5) is 24.2. The van der Waals surface area contributed by atoms with Crippen molar-refractivity contribution in [2.75, 3.05) is 11.5 Å². The number of ether oxygens (including phenoxy) is 1. The number of carboxylic acids is 1. The molecule has 138 valence electrons. The normalized spacial score (nSPS) is 18.3. The Hall–Kier alpha value is -2.25. The second-order valence-electron chi connectivity index (χ2n) is 6.69. The van der Waals surface area contributed by atoms with E-state index in [1.807, 2.05) is 0 Å². The summed E-state index contributed by atoms with van der Waals surface area (Å²) in [6, 6.07) is 4.37. The van der Waals surface area contributed by atoms with Crippen LogP contribution in [0.25, 0.3) is 0 Å². The van der Waals surface area contributed by atoms with Crippen LogP contribution in [-0.2, 0) is 16.0 Å². The number of carbonyl (C=O) groups excluding carboxylic acids is 1. The molecule has 2 rings (SSSR count). The van der Waals surface area contributed by atoms with Crippen LogP contribution < -0.4 is 4.90 Å². The van der Waals surface area contributed by atoms with E-state index in [2.05, 4.69) is 0 Å². The van der Waals surface area contributed by atoms with Crippen molar-refractivity contribution in [3.05, 3.63) is 29.8 Å². The number of para-hydroxylation sites is 1. The van der Waals surface area contributed by atoms with Gasteiger partial charge in [-0.2, -0.15) is 13.2 Å². The summed E-state index contributed by atoms with van der Waals surface area (Å²) in [5.74, 6) is -1.20. The lowest BCUT2D eigenvalue weighted by atomic mass is 9.95. The van der Waals surface area contributed by atoms with Crippen LogP contribution in [0.3, 0.4) is 0 Å². The van der Waals surface area contributed by atoms with Crippen LogP contribution in [0.1, 0.15) is 32.3 Å². The fourth-order valence-electron chi connectivity index (χ4n) is 2.65. The molecule has 1 heterocycles. The van der Waals surface area contributed by atoms with Crippen molar-refractivity contribution in [1.82, 2.24) is 0 Å². The third-order valence-electron chi connectivity index (χ3n) is 4.20. The largest absolute Gasteiger partial charge is 0.481 e. The number of aliphatic carboxylic acids is 1. The fourth-order valence-corrected chi connectivity index (χ4v) is 2.65. The van der Waals surface area contributed by atoms with Gasteiger partial charge in [0.2, 0.25) is 0 Å². The van der Waals surface area contributed by atoms with Gasteiger partial charge in [0.25, 0.3) is 0 Å². The van der Waals surface area contributed by atoms with E-state index in [-0.39, 0.29) is 18.5 Å².